The topological polar surface area (TPSA) is 87.7 Å². The molecule has 1 fully saturated rings. The molecule has 0 radical (unpaired) electrons. The first-order valence-electron chi connectivity index (χ1n) is 7.42. The van der Waals surface area contributed by atoms with Gasteiger partial charge >= 0.3 is 0 Å². The molecular formula is C15H16N6OS. The third-order valence-electron chi connectivity index (χ3n) is 3.50. The quantitative estimate of drug-likeness (QED) is 0.723. The highest BCUT2D eigenvalue weighted by molar-refractivity contribution is 7.99. The van der Waals surface area contributed by atoms with Crippen LogP contribution < -0.4 is 4.90 Å². The molecule has 0 atom stereocenters. The second-order valence-corrected chi connectivity index (χ2v) is 6.16. The number of nitriles is 1. The number of nitrogens with zero attached hydrogens (tertiary/aromatic N) is 6. The molecule has 1 amide bonds. The van der Waals surface area contributed by atoms with E-state index in [1.807, 2.05) is 30.3 Å². The van der Waals surface area contributed by atoms with Gasteiger partial charge in [0.1, 0.15) is 0 Å². The van der Waals surface area contributed by atoms with Crippen LogP contribution in [0.5, 0.6) is 0 Å². The SMILES string of the molecule is N#CCCN(C(=O)CSc1nnnn1C1CC1)c1ccccc1. The Hall–Kier alpha value is -2.40. The Balaban J connectivity index is 1.66. The molecular weight excluding hydrogens is 312 g/mol. The zero-order chi connectivity index (χ0) is 16.1. The van der Waals surface area contributed by atoms with Crippen LogP contribution in [0.2, 0.25) is 0 Å². The lowest BCUT2D eigenvalue weighted by molar-refractivity contribution is -0.116. The van der Waals surface area contributed by atoms with Crippen molar-refractivity contribution in [2.45, 2.75) is 30.5 Å². The van der Waals surface area contributed by atoms with Crippen molar-refractivity contribution in [3.05, 3.63) is 30.3 Å². The average molecular weight is 328 g/mol. The second-order valence-electron chi connectivity index (χ2n) is 5.21. The monoisotopic (exact) mass is 328 g/mol. The number of tetrazole rings is 1. The van der Waals surface area contributed by atoms with Crippen molar-refractivity contribution in [2.24, 2.45) is 0 Å². The Labute approximate surface area is 138 Å². The number of thioether (sulfide) groups is 1. The van der Waals surface area contributed by atoms with Crippen molar-refractivity contribution in [3.63, 3.8) is 0 Å². The fourth-order valence-corrected chi connectivity index (χ4v) is 3.02. The number of carbonyl (C=O) groups excluding carboxylic acids is 1. The summed E-state index contributed by atoms with van der Waals surface area (Å²) >= 11 is 1.34. The lowest BCUT2D eigenvalue weighted by Gasteiger charge is -2.21. The Morgan fingerprint density at radius 3 is 2.87 bits per heavy atom. The summed E-state index contributed by atoms with van der Waals surface area (Å²) in [5.41, 5.74) is 0.801. The third kappa shape index (κ3) is 3.87. The minimum atomic E-state index is -0.0539. The number of rotatable bonds is 7. The molecule has 0 aliphatic heterocycles. The number of hydrogen-bond acceptors (Lipinski definition) is 6. The molecule has 2 aromatic rings. The lowest BCUT2D eigenvalue weighted by Crippen LogP contribution is -2.33. The summed E-state index contributed by atoms with van der Waals surface area (Å²) < 4.78 is 1.79. The lowest BCUT2D eigenvalue weighted by atomic mass is 10.2. The van der Waals surface area contributed by atoms with E-state index in [2.05, 4.69) is 21.6 Å². The number of anilines is 1. The fourth-order valence-electron chi connectivity index (χ4n) is 2.20. The smallest absolute Gasteiger partial charge is 0.237 e. The molecule has 7 nitrogen and oxygen atoms in total. The molecule has 1 aliphatic carbocycles. The number of para-hydroxylation sites is 1. The van der Waals surface area contributed by atoms with Gasteiger partial charge in [0.2, 0.25) is 11.1 Å². The Kier molecular flexibility index (Phi) is 4.88. The number of aromatic nitrogens is 4. The van der Waals surface area contributed by atoms with Gasteiger partial charge in [-0.1, -0.05) is 30.0 Å². The molecule has 8 heteroatoms. The van der Waals surface area contributed by atoms with Crippen LogP contribution in [0.3, 0.4) is 0 Å². The number of benzene rings is 1. The molecule has 23 heavy (non-hydrogen) atoms. The summed E-state index contributed by atoms with van der Waals surface area (Å²) in [5.74, 6) is 0.190. The van der Waals surface area contributed by atoms with Crippen LogP contribution >= 0.6 is 11.8 Å². The summed E-state index contributed by atoms with van der Waals surface area (Å²) in [7, 11) is 0. The molecule has 1 heterocycles. The summed E-state index contributed by atoms with van der Waals surface area (Å²) in [6.07, 6.45) is 2.47. The minimum Gasteiger partial charge on any atom is -0.311 e. The largest absolute Gasteiger partial charge is 0.311 e. The zero-order valence-electron chi connectivity index (χ0n) is 12.5. The van der Waals surface area contributed by atoms with Crippen molar-refractivity contribution in [1.29, 1.82) is 5.26 Å². The van der Waals surface area contributed by atoms with E-state index in [9.17, 15) is 4.79 Å². The maximum Gasteiger partial charge on any atom is 0.237 e. The van der Waals surface area contributed by atoms with Crippen LogP contribution in [0.4, 0.5) is 5.69 Å². The van der Waals surface area contributed by atoms with Crippen LogP contribution in [-0.4, -0.2) is 38.4 Å². The van der Waals surface area contributed by atoms with E-state index in [1.54, 1.807) is 9.58 Å². The molecule has 1 aromatic carbocycles. The minimum absolute atomic E-state index is 0.0539. The number of hydrogen-bond donors (Lipinski definition) is 0. The standard InChI is InChI=1S/C15H16N6OS/c16-9-4-10-20(12-5-2-1-3-6-12)14(22)11-23-15-17-18-19-21(15)13-7-8-13/h1-3,5-6,13H,4,7-8,10-11H2. The summed E-state index contributed by atoms with van der Waals surface area (Å²) in [6.45, 7) is 0.382. The van der Waals surface area contributed by atoms with Gasteiger partial charge in [-0.3, -0.25) is 4.79 Å². The molecule has 1 aromatic heterocycles. The molecule has 118 valence electrons. The average Bonchev–Trinajstić information content (AvgIpc) is 3.32. The van der Waals surface area contributed by atoms with E-state index in [0.717, 1.165) is 18.5 Å². The van der Waals surface area contributed by atoms with Gasteiger partial charge in [0.05, 0.1) is 24.3 Å². The summed E-state index contributed by atoms with van der Waals surface area (Å²) in [4.78, 5) is 14.2. The Morgan fingerprint density at radius 2 is 2.17 bits per heavy atom. The van der Waals surface area contributed by atoms with Crippen molar-refractivity contribution >= 4 is 23.4 Å². The first-order valence-corrected chi connectivity index (χ1v) is 8.41. The van der Waals surface area contributed by atoms with Gasteiger partial charge in [-0.25, -0.2) is 4.68 Å². The molecule has 1 saturated carbocycles. The van der Waals surface area contributed by atoms with E-state index in [1.165, 1.54) is 11.8 Å². The van der Waals surface area contributed by atoms with Gasteiger partial charge in [0, 0.05) is 12.2 Å². The first-order chi connectivity index (χ1) is 11.3. The van der Waals surface area contributed by atoms with Gasteiger partial charge in [-0.2, -0.15) is 5.26 Å². The zero-order valence-corrected chi connectivity index (χ0v) is 13.3. The van der Waals surface area contributed by atoms with Crippen molar-refractivity contribution < 1.29 is 4.79 Å². The molecule has 0 bridgehead atoms. The third-order valence-corrected chi connectivity index (χ3v) is 4.41. The van der Waals surface area contributed by atoms with Gasteiger partial charge in [-0.05, 0) is 35.4 Å². The van der Waals surface area contributed by atoms with E-state index >= 15 is 0 Å². The van der Waals surface area contributed by atoms with Gasteiger partial charge in [0.15, 0.2) is 0 Å². The number of carbonyl (C=O) groups is 1. The molecule has 0 spiro atoms. The van der Waals surface area contributed by atoms with Gasteiger partial charge in [0.25, 0.3) is 0 Å². The number of amides is 1. The molecule has 3 rings (SSSR count). The Bertz CT molecular complexity index is 706. The van der Waals surface area contributed by atoms with E-state index in [0.29, 0.717) is 24.2 Å². The van der Waals surface area contributed by atoms with Crippen LogP contribution in [0, 0.1) is 11.3 Å². The van der Waals surface area contributed by atoms with Crippen molar-refractivity contribution in [3.8, 4) is 6.07 Å². The van der Waals surface area contributed by atoms with Crippen LogP contribution in [0.1, 0.15) is 25.3 Å². The molecule has 0 N–H and O–H groups in total. The second kappa shape index (κ2) is 7.24. The highest BCUT2D eigenvalue weighted by Gasteiger charge is 2.28. The first kappa shape index (κ1) is 15.5. The van der Waals surface area contributed by atoms with Gasteiger partial charge in [-0.15, -0.1) is 5.10 Å². The predicted octanol–water partition coefficient (Wildman–Crippen LogP) is 2.05. The van der Waals surface area contributed by atoms with Crippen LogP contribution in [0.25, 0.3) is 0 Å². The highest BCUT2D eigenvalue weighted by Crippen LogP contribution is 2.36. The van der Waals surface area contributed by atoms with Crippen LogP contribution in [0.15, 0.2) is 35.5 Å². The predicted molar refractivity (Wildman–Crippen MR) is 85.8 cm³/mol. The van der Waals surface area contributed by atoms with E-state index < -0.39 is 0 Å². The maximum absolute atomic E-state index is 12.6. The van der Waals surface area contributed by atoms with Crippen LogP contribution in [-0.2, 0) is 4.79 Å². The maximum atomic E-state index is 12.6. The van der Waals surface area contributed by atoms with Crippen molar-refractivity contribution in [2.75, 3.05) is 17.2 Å². The normalized spacial score (nSPS) is 13.5. The molecule has 0 saturated heterocycles. The fraction of sp³-hybridized carbons (Fsp3) is 0.400. The highest BCUT2D eigenvalue weighted by atomic mass is 32.2. The Morgan fingerprint density at radius 1 is 1.39 bits per heavy atom. The molecule has 0 unspecified atom stereocenters. The van der Waals surface area contributed by atoms with Gasteiger partial charge < -0.3 is 4.90 Å². The van der Waals surface area contributed by atoms with E-state index in [-0.39, 0.29) is 11.7 Å². The summed E-state index contributed by atoms with van der Waals surface area (Å²) in [5, 5.41) is 21.1. The van der Waals surface area contributed by atoms with E-state index in [4.69, 9.17) is 5.26 Å². The summed E-state index contributed by atoms with van der Waals surface area (Å²) in [6, 6.07) is 11.9. The van der Waals surface area contributed by atoms with Crippen molar-refractivity contribution in [1.82, 2.24) is 20.2 Å². The molecule has 1 aliphatic rings.